The van der Waals surface area contributed by atoms with E-state index in [9.17, 15) is 9.59 Å². The second-order valence-corrected chi connectivity index (χ2v) is 5.89. The highest BCUT2D eigenvalue weighted by Crippen LogP contribution is 2.16. The molecule has 0 atom stereocenters. The van der Waals surface area contributed by atoms with Crippen LogP contribution in [-0.2, 0) is 0 Å². The van der Waals surface area contributed by atoms with Gasteiger partial charge in [-0.2, -0.15) is 5.10 Å². The number of nitrogens with one attached hydrogen (secondary N) is 3. The van der Waals surface area contributed by atoms with Gasteiger partial charge < -0.3 is 10.6 Å². The Morgan fingerprint density at radius 3 is 2.33 bits per heavy atom. The molecule has 0 bridgehead atoms. The SMILES string of the molecule is O=C(Nc1cccc(C(=O)Nc2ccn[nH]2)c1)c1cccc(Br)c1. The number of hydrogen-bond acceptors (Lipinski definition) is 3. The van der Waals surface area contributed by atoms with Crippen molar-refractivity contribution < 1.29 is 9.59 Å². The van der Waals surface area contributed by atoms with Gasteiger partial charge in [0.15, 0.2) is 0 Å². The quantitative estimate of drug-likeness (QED) is 0.641. The van der Waals surface area contributed by atoms with E-state index in [-0.39, 0.29) is 11.8 Å². The van der Waals surface area contributed by atoms with Crippen LogP contribution in [0.4, 0.5) is 11.5 Å². The lowest BCUT2D eigenvalue weighted by Gasteiger charge is -2.08. The highest BCUT2D eigenvalue weighted by Gasteiger charge is 2.10. The maximum Gasteiger partial charge on any atom is 0.256 e. The molecular formula is C17H13BrN4O2. The summed E-state index contributed by atoms with van der Waals surface area (Å²) in [6.45, 7) is 0. The standard InChI is InChI=1S/C17H13BrN4O2/c18-13-5-1-3-11(9-13)16(23)20-14-6-2-4-12(10-14)17(24)21-15-7-8-19-22-15/h1-10H,(H,20,23)(H2,19,21,22,24). The molecule has 0 aliphatic rings. The number of halogens is 1. The molecule has 120 valence electrons. The number of carbonyl (C=O) groups is 2. The molecule has 1 heterocycles. The molecule has 7 heteroatoms. The van der Waals surface area contributed by atoms with Crippen LogP contribution >= 0.6 is 15.9 Å². The molecule has 3 N–H and O–H groups in total. The van der Waals surface area contributed by atoms with Crippen LogP contribution in [0.1, 0.15) is 20.7 Å². The first-order valence-electron chi connectivity index (χ1n) is 7.09. The zero-order chi connectivity index (χ0) is 16.9. The Morgan fingerprint density at radius 1 is 0.917 bits per heavy atom. The van der Waals surface area contributed by atoms with Crippen LogP contribution in [-0.4, -0.2) is 22.0 Å². The number of aromatic amines is 1. The molecule has 0 radical (unpaired) electrons. The summed E-state index contributed by atoms with van der Waals surface area (Å²) < 4.78 is 0.822. The summed E-state index contributed by atoms with van der Waals surface area (Å²) in [5.74, 6) is -0.0381. The van der Waals surface area contributed by atoms with E-state index in [1.54, 1.807) is 54.7 Å². The zero-order valence-corrected chi connectivity index (χ0v) is 14.0. The van der Waals surface area contributed by atoms with E-state index < -0.39 is 0 Å². The molecule has 0 fully saturated rings. The zero-order valence-electron chi connectivity index (χ0n) is 12.4. The van der Waals surface area contributed by atoms with Gasteiger partial charge in [-0.05, 0) is 36.4 Å². The number of rotatable bonds is 4. The minimum absolute atomic E-state index is 0.248. The predicted octanol–water partition coefficient (Wildman–Crippen LogP) is 3.68. The first-order chi connectivity index (χ1) is 11.6. The normalized spacial score (nSPS) is 10.2. The van der Waals surface area contributed by atoms with Crippen LogP contribution in [0.2, 0.25) is 0 Å². The van der Waals surface area contributed by atoms with Crippen molar-refractivity contribution in [3.63, 3.8) is 0 Å². The minimum atomic E-state index is -0.294. The van der Waals surface area contributed by atoms with Crippen molar-refractivity contribution in [3.8, 4) is 0 Å². The molecule has 0 saturated carbocycles. The molecule has 6 nitrogen and oxygen atoms in total. The summed E-state index contributed by atoms with van der Waals surface area (Å²) >= 11 is 3.33. The van der Waals surface area contributed by atoms with Gasteiger partial charge in [-0.1, -0.05) is 28.1 Å². The van der Waals surface area contributed by atoms with E-state index in [2.05, 4.69) is 36.8 Å². The Balaban J connectivity index is 1.73. The maximum atomic E-state index is 12.3. The molecule has 0 spiro atoms. The number of aromatic nitrogens is 2. The van der Waals surface area contributed by atoms with Gasteiger partial charge in [0, 0.05) is 27.4 Å². The molecule has 3 aromatic rings. The molecule has 3 rings (SSSR count). The van der Waals surface area contributed by atoms with Gasteiger partial charge >= 0.3 is 0 Å². The Labute approximate surface area is 146 Å². The molecule has 0 unspecified atom stereocenters. The minimum Gasteiger partial charge on any atom is -0.322 e. The fourth-order valence-corrected chi connectivity index (χ4v) is 2.49. The van der Waals surface area contributed by atoms with Gasteiger partial charge in [-0.3, -0.25) is 14.7 Å². The lowest BCUT2D eigenvalue weighted by molar-refractivity contribution is 0.101. The Bertz CT molecular complexity index is 878. The summed E-state index contributed by atoms with van der Waals surface area (Å²) in [6, 6.07) is 15.4. The van der Waals surface area contributed by atoms with Crippen LogP contribution in [0, 0.1) is 0 Å². The molecule has 0 aliphatic heterocycles. The van der Waals surface area contributed by atoms with Crippen LogP contribution in [0.3, 0.4) is 0 Å². The second kappa shape index (κ2) is 7.10. The van der Waals surface area contributed by atoms with E-state index >= 15 is 0 Å². The van der Waals surface area contributed by atoms with E-state index in [0.717, 1.165) is 4.47 Å². The molecule has 24 heavy (non-hydrogen) atoms. The predicted molar refractivity (Wildman–Crippen MR) is 95.1 cm³/mol. The van der Waals surface area contributed by atoms with Gasteiger partial charge in [0.1, 0.15) is 5.82 Å². The van der Waals surface area contributed by atoms with Crippen LogP contribution in [0.5, 0.6) is 0 Å². The van der Waals surface area contributed by atoms with Crippen LogP contribution < -0.4 is 10.6 Å². The number of nitrogens with zero attached hydrogens (tertiary/aromatic N) is 1. The Morgan fingerprint density at radius 2 is 1.62 bits per heavy atom. The first-order valence-corrected chi connectivity index (χ1v) is 7.89. The summed E-state index contributed by atoms with van der Waals surface area (Å²) in [5.41, 5.74) is 1.49. The van der Waals surface area contributed by atoms with Crippen LogP contribution in [0.15, 0.2) is 65.3 Å². The third-order valence-corrected chi connectivity index (χ3v) is 3.71. The number of amides is 2. The van der Waals surface area contributed by atoms with E-state index in [1.165, 1.54) is 0 Å². The van der Waals surface area contributed by atoms with Crippen molar-refractivity contribution in [2.24, 2.45) is 0 Å². The average molecular weight is 385 g/mol. The number of anilines is 2. The third kappa shape index (κ3) is 3.88. The van der Waals surface area contributed by atoms with Gasteiger partial charge in [0.05, 0.1) is 6.20 Å². The van der Waals surface area contributed by atoms with Gasteiger partial charge in [-0.25, -0.2) is 0 Å². The Kier molecular flexibility index (Phi) is 4.72. The summed E-state index contributed by atoms with van der Waals surface area (Å²) in [7, 11) is 0. The second-order valence-electron chi connectivity index (χ2n) is 4.97. The lowest BCUT2D eigenvalue weighted by Crippen LogP contribution is -2.14. The summed E-state index contributed by atoms with van der Waals surface area (Å²) in [4.78, 5) is 24.4. The topological polar surface area (TPSA) is 86.9 Å². The molecule has 2 aromatic carbocycles. The van der Waals surface area contributed by atoms with Crippen molar-refractivity contribution in [3.05, 3.63) is 76.4 Å². The number of benzene rings is 2. The number of hydrogen-bond donors (Lipinski definition) is 3. The monoisotopic (exact) mass is 384 g/mol. The summed E-state index contributed by atoms with van der Waals surface area (Å²) in [5, 5.41) is 11.9. The first kappa shape index (κ1) is 15.9. The fourth-order valence-electron chi connectivity index (χ4n) is 2.09. The van der Waals surface area contributed by atoms with Gasteiger partial charge in [0.2, 0.25) is 0 Å². The van der Waals surface area contributed by atoms with Crippen molar-refractivity contribution in [2.75, 3.05) is 10.6 Å². The van der Waals surface area contributed by atoms with Gasteiger partial charge in [-0.15, -0.1) is 0 Å². The molecule has 0 saturated heterocycles. The molecule has 2 amide bonds. The van der Waals surface area contributed by atoms with Gasteiger partial charge in [0.25, 0.3) is 11.8 Å². The molecule has 1 aromatic heterocycles. The van der Waals surface area contributed by atoms with E-state index in [0.29, 0.717) is 22.6 Å². The highest BCUT2D eigenvalue weighted by molar-refractivity contribution is 9.10. The largest absolute Gasteiger partial charge is 0.322 e. The lowest BCUT2D eigenvalue weighted by atomic mass is 10.1. The smallest absolute Gasteiger partial charge is 0.256 e. The average Bonchev–Trinajstić information content (AvgIpc) is 3.08. The van der Waals surface area contributed by atoms with Crippen molar-refractivity contribution in [1.29, 1.82) is 0 Å². The fraction of sp³-hybridized carbons (Fsp3) is 0. The maximum absolute atomic E-state index is 12.3. The van der Waals surface area contributed by atoms with Crippen LogP contribution in [0.25, 0.3) is 0 Å². The van der Waals surface area contributed by atoms with E-state index in [4.69, 9.17) is 0 Å². The number of H-pyrrole nitrogens is 1. The molecular weight excluding hydrogens is 372 g/mol. The highest BCUT2D eigenvalue weighted by atomic mass is 79.9. The summed E-state index contributed by atoms with van der Waals surface area (Å²) in [6.07, 6.45) is 1.55. The van der Waals surface area contributed by atoms with Crippen molar-refractivity contribution in [1.82, 2.24) is 10.2 Å². The van der Waals surface area contributed by atoms with E-state index in [1.807, 2.05) is 6.07 Å². The Hall–Kier alpha value is -2.93. The van der Waals surface area contributed by atoms with Crippen molar-refractivity contribution in [2.45, 2.75) is 0 Å². The van der Waals surface area contributed by atoms with Crippen molar-refractivity contribution >= 4 is 39.2 Å². The third-order valence-electron chi connectivity index (χ3n) is 3.22. The molecule has 0 aliphatic carbocycles. The number of carbonyl (C=O) groups excluding carboxylic acids is 2.